The van der Waals surface area contributed by atoms with E-state index in [-0.39, 0.29) is 23.7 Å². The van der Waals surface area contributed by atoms with Gasteiger partial charge in [-0.1, -0.05) is 18.2 Å². The lowest BCUT2D eigenvalue weighted by Crippen LogP contribution is -2.29. The number of aromatic nitrogens is 2. The highest BCUT2D eigenvalue weighted by atomic mass is 32.1. The van der Waals surface area contributed by atoms with E-state index in [4.69, 9.17) is 12.2 Å². The van der Waals surface area contributed by atoms with Crippen LogP contribution in [0.5, 0.6) is 0 Å². The van der Waals surface area contributed by atoms with Crippen molar-refractivity contribution in [3.8, 4) is 5.69 Å². The Labute approximate surface area is 202 Å². The number of hydrogen-bond acceptors (Lipinski definition) is 2. The topological polar surface area (TPSA) is 33.1 Å². The number of nitrogens with zero attached hydrogens (tertiary/aromatic N) is 3. The molecule has 0 bridgehead atoms. The molecular weight excluding hydrogens is 450 g/mol. The van der Waals surface area contributed by atoms with Gasteiger partial charge in [0.15, 0.2) is 5.11 Å². The van der Waals surface area contributed by atoms with Crippen molar-refractivity contribution in [2.75, 3.05) is 4.90 Å². The molecule has 4 nitrogen and oxygen atoms in total. The van der Waals surface area contributed by atoms with Crippen LogP contribution in [-0.2, 0) is 0 Å². The van der Waals surface area contributed by atoms with Gasteiger partial charge < -0.3 is 14.8 Å². The fourth-order valence-corrected chi connectivity index (χ4v) is 5.16. The molecule has 4 aromatic rings. The molecule has 0 aliphatic carbocycles. The number of aryl methyl sites for hydroxylation is 2. The van der Waals surface area contributed by atoms with E-state index in [1.807, 2.05) is 47.6 Å². The summed E-state index contributed by atoms with van der Waals surface area (Å²) in [6, 6.07) is 19.1. The molecule has 1 aliphatic heterocycles. The van der Waals surface area contributed by atoms with Gasteiger partial charge in [-0.25, -0.2) is 8.78 Å². The van der Waals surface area contributed by atoms with Crippen molar-refractivity contribution in [1.29, 1.82) is 0 Å². The molecule has 172 valence electrons. The molecule has 2 aromatic heterocycles. The van der Waals surface area contributed by atoms with Crippen LogP contribution in [0.4, 0.5) is 14.5 Å². The van der Waals surface area contributed by atoms with E-state index in [0.29, 0.717) is 16.4 Å². The predicted octanol–water partition coefficient (Wildman–Crippen LogP) is 6.25. The first-order valence-electron chi connectivity index (χ1n) is 11.1. The predicted molar refractivity (Wildman–Crippen MR) is 134 cm³/mol. The molecule has 34 heavy (non-hydrogen) atoms. The van der Waals surface area contributed by atoms with E-state index >= 15 is 0 Å². The fourth-order valence-electron chi connectivity index (χ4n) is 4.82. The van der Waals surface area contributed by atoms with Crippen LogP contribution in [0.2, 0.25) is 0 Å². The van der Waals surface area contributed by atoms with Gasteiger partial charge >= 0.3 is 0 Å². The van der Waals surface area contributed by atoms with Crippen molar-refractivity contribution in [1.82, 2.24) is 14.9 Å². The lowest BCUT2D eigenvalue weighted by atomic mass is 9.96. The summed E-state index contributed by atoms with van der Waals surface area (Å²) in [5.74, 6) is -0.555. The van der Waals surface area contributed by atoms with Gasteiger partial charge in [0, 0.05) is 23.3 Å². The second-order valence-corrected chi connectivity index (χ2v) is 8.93. The Morgan fingerprint density at radius 1 is 0.912 bits per heavy atom. The summed E-state index contributed by atoms with van der Waals surface area (Å²) >= 11 is 5.78. The fraction of sp³-hybridized carbons (Fsp3) is 0.185. The van der Waals surface area contributed by atoms with Crippen molar-refractivity contribution >= 4 is 23.0 Å². The Morgan fingerprint density at radius 2 is 1.68 bits per heavy atom. The molecule has 1 fully saturated rings. The quantitative estimate of drug-likeness (QED) is 0.354. The zero-order valence-electron chi connectivity index (χ0n) is 19.1. The van der Waals surface area contributed by atoms with Gasteiger partial charge in [-0.3, -0.25) is 4.98 Å². The molecule has 0 amide bonds. The number of pyridine rings is 1. The van der Waals surface area contributed by atoms with Crippen molar-refractivity contribution in [2.24, 2.45) is 0 Å². The Balaban J connectivity index is 1.70. The summed E-state index contributed by atoms with van der Waals surface area (Å²) in [4.78, 5) is 6.59. The normalized spacial score (nSPS) is 17.8. The lowest BCUT2D eigenvalue weighted by molar-refractivity contribution is 0.564. The van der Waals surface area contributed by atoms with E-state index < -0.39 is 0 Å². The monoisotopic (exact) mass is 474 g/mol. The molecule has 0 radical (unpaired) electrons. The zero-order valence-corrected chi connectivity index (χ0v) is 19.9. The van der Waals surface area contributed by atoms with Crippen LogP contribution >= 0.6 is 12.2 Å². The molecule has 1 aliphatic rings. The number of nitrogens with one attached hydrogen (secondary N) is 1. The summed E-state index contributed by atoms with van der Waals surface area (Å²) < 4.78 is 30.7. The SMILES string of the molecule is Cc1cc(N2C(=S)N[C@@H](c3ccccn3)[C@H]2c2cc(C)n(-c3ccccc3F)c2C)ccc1F. The maximum Gasteiger partial charge on any atom is 0.174 e. The number of benzene rings is 2. The largest absolute Gasteiger partial charge is 0.351 e. The Morgan fingerprint density at radius 3 is 2.38 bits per heavy atom. The second kappa shape index (κ2) is 8.65. The molecule has 2 aromatic carbocycles. The van der Waals surface area contributed by atoms with Crippen LogP contribution in [0.25, 0.3) is 5.69 Å². The third kappa shape index (κ3) is 3.66. The molecule has 3 heterocycles. The maximum atomic E-state index is 14.7. The van der Waals surface area contributed by atoms with E-state index in [1.54, 1.807) is 37.4 Å². The van der Waals surface area contributed by atoms with Gasteiger partial charge in [-0.05, 0) is 92.6 Å². The second-order valence-electron chi connectivity index (χ2n) is 8.54. The van der Waals surface area contributed by atoms with Crippen molar-refractivity contribution in [2.45, 2.75) is 32.9 Å². The molecule has 1 N–H and O–H groups in total. The van der Waals surface area contributed by atoms with Crippen molar-refractivity contribution < 1.29 is 8.78 Å². The first-order chi connectivity index (χ1) is 16.4. The summed E-state index contributed by atoms with van der Waals surface area (Å²) in [6.45, 7) is 5.69. The third-order valence-electron chi connectivity index (χ3n) is 6.40. The van der Waals surface area contributed by atoms with E-state index in [1.165, 1.54) is 12.1 Å². The molecule has 0 saturated carbocycles. The van der Waals surface area contributed by atoms with Crippen molar-refractivity contribution in [3.05, 3.63) is 113 Å². The number of thiocarbonyl (C=S) groups is 1. The average molecular weight is 475 g/mol. The standard InChI is InChI=1S/C27H24F2N4S/c1-16-14-19(11-12-21(16)28)33-26(25(31-27(33)34)23-9-6-7-13-30-23)20-15-17(2)32(18(20)3)24-10-5-4-8-22(24)29/h4-15,25-26H,1-3H3,(H,31,34)/t25-,26+/m0/s1. The minimum Gasteiger partial charge on any atom is -0.351 e. The molecule has 1 saturated heterocycles. The van der Waals surface area contributed by atoms with Gasteiger partial charge in [-0.2, -0.15) is 0 Å². The summed E-state index contributed by atoms with van der Waals surface area (Å²) in [7, 11) is 0. The molecule has 0 spiro atoms. The molecule has 5 rings (SSSR count). The van der Waals surface area contributed by atoms with Crippen LogP contribution in [0.1, 0.15) is 40.3 Å². The number of halogens is 2. The van der Waals surface area contributed by atoms with Crippen LogP contribution in [0, 0.1) is 32.4 Å². The minimum atomic E-state index is -0.289. The Bertz CT molecular complexity index is 1380. The molecule has 0 unspecified atom stereocenters. The maximum absolute atomic E-state index is 14.7. The van der Waals surface area contributed by atoms with Gasteiger partial charge in [0.1, 0.15) is 11.6 Å². The van der Waals surface area contributed by atoms with E-state index in [2.05, 4.69) is 16.4 Å². The smallest absolute Gasteiger partial charge is 0.174 e. The van der Waals surface area contributed by atoms with Gasteiger partial charge in [0.05, 0.1) is 23.5 Å². The summed E-state index contributed by atoms with van der Waals surface area (Å²) in [6.07, 6.45) is 1.75. The Hall–Kier alpha value is -3.58. The zero-order chi connectivity index (χ0) is 24.0. The van der Waals surface area contributed by atoms with Gasteiger partial charge in [0.25, 0.3) is 0 Å². The number of anilines is 1. The highest BCUT2D eigenvalue weighted by molar-refractivity contribution is 7.80. The van der Waals surface area contributed by atoms with Crippen LogP contribution in [-0.4, -0.2) is 14.7 Å². The number of hydrogen-bond donors (Lipinski definition) is 1. The van der Waals surface area contributed by atoms with E-state index in [9.17, 15) is 8.78 Å². The van der Waals surface area contributed by atoms with Crippen LogP contribution < -0.4 is 10.2 Å². The number of para-hydroxylation sites is 1. The first-order valence-corrected chi connectivity index (χ1v) is 11.5. The average Bonchev–Trinajstić information content (AvgIpc) is 3.32. The first kappa shape index (κ1) is 22.2. The number of rotatable bonds is 4. The summed E-state index contributed by atoms with van der Waals surface area (Å²) in [5.41, 5.74) is 5.47. The van der Waals surface area contributed by atoms with Crippen LogP contribution in [0.15, 0.2) is 72.9 Å². The van der Waals surface area contributed by atoms with E-state index in [0.717, 1.165) is 28.3 Å². The molecular formula is C27H24F2N4S. The van der Waals surface area contributed by atoms with Gasteiger partial charge in [0.2, 0.25) is 0 Å². The third-order valence-corrected chi connectivity index (χ3v) is 6.71. The van der Waals surface area contributed by atoms with Crippen LogP contribution in [0.3, 0.4) is 0 Å². The Kier molecular flexibility index (Phi) is 5.65. The van der Waals surface area contributed by atoms with Gasteiger partial charge in [-0.15, -0.1) is 0 Å². The summed E-state index contributed by atoms with van der Waals surface area (Å²) in [5, 5.41) is 3.96. The lowest BCUT2D eigenvalue weighted by Gasteiger charge is -2.28. The molecule has 7 heteroatoms. The van der Waals surface area contributed by atoms with Crippen molar-refractivity contribution in [3.63, 3.8) is 0 Å². The highest BCUT2D eigenvalue weighted by Crippen LogP contribution is 2.44. The molecule has 2 atom stereocenters. The minimum absolute atomic E-state index is 0.242. The highest BCUT2D eigenvalue weighted by Gasteiger charge is 2.42.